The summed E-state index contributed by atoms with van der Waals surface area (Å²) in [7, 11) is -2.66. The Morgan fingerprint density at radius 1 is 1.14 bits per heavy atom. The molecule has 15 heteroatoms. The number of nitrogens with zero attached hydrogens (tertiary/aromatic N) is 6. The molecule has 1 aliphatic carbocycles. The van der Waals surface area contributed by atoms with E-state index in [0.717, 1.165) is 6.42 Å². The lowest BCUT2D eigenvalue weighted by molar-refractivity contribution is -0.194. The van der Waals surface area contributed by atoms with Gasteiger partial charge in [0.2, 0.25) is 5.88 Å². The molecule has 2 fully saturated rings. The second-order valence-corrected chi connectivity index (χ2v) is 15.2. The minimum absolute atomic E-state index is 0.0120. The van der Waals surface area contributed by atoms with Gasteiger partial charge in [-0.15, -0.1) is 5.10 Å². The highest BCUT2D eigenvalue weighted by Crippen LogP contribution is 2.57. The van der Waals surface area contributed by atoms with Gasteiger partial charge in [-0.3, -0.25) is 9.48 Å². The summed E-state index contributed by atoms with van der Waals surface area (Å²) in [5.41, 5.74) is -2.03. The molecule has 5 rings (SSSR count). The number of aromatic nitrogens is 5. The third-order valence-corrected chi connectivity index (χ3v) is 10.1. The van der Waals surface area contributed by atoms with Crippen LogP contribution in [0.1, 0.15) is 69.9 Å². The lowest BCUT2D eigenvalue weighted by Gasteiger charge is -2.34. The molecule has 3 aromatic heterocycles. The van der Waals surface area contributed by atoms with E-state index in [1.54, 1.807) is 7.05 Å². The van der Waals surface area contributed by atoms with Crippen LogP contribution in [0.5, 0.6) is 5.88 Å². The molecule has 0 bridgehead atoms. The first kappa shape index (κ1) is 31.8. The number of anilines is 1. The van der Waals surface area contributed by atoms with Gasteiger partial charge in [0.05, 0.1) is 11.3 Å². The van der Waals surface area contributed by atoms with Gasteiger partial charge in [-0.05, 0) is 63.5 Å². The summed E-state index contributed by atoms with van der Waals surface area (Å²) >= 11 is 0. The summed E-state index contributed by atoms with van der Waals surface area (Å²) in [4.78, 5) is 20.3. The van der Waals surface area contributed by atoms with E-state index in [1.807, 2.05) is 18.7 Å². The average molecular weight is 638 g/mol. The smallest absolute Gasteiger partial charge is 0.397 e. The SMILES string of the molecule is Cc1nn(C)cc1S(=O)(=O)NC(=O)c1ccc(-n2ccc(OCC3(C(F)(F)F)CC3)n2)nc1N1C[C@H](C(C)(C)C)CC1(C)C. The molecule has 3 aromatic rings. The van der Waals surface area contributed by atoms with Crippen molar-refractivity contribution in [1.29, 1.82) is 0 Å². The number of alkyl halides is 3. The van der Waals surface area contributed by atoms with Crippen LogP contribution >= 0.6 is 0 Å². The number of rotatable bonds is 8. The molecule has 1 saturated carbocycles. The molecule has 0 unspecified atom stereocenters. The van der Waals surface area contributed by atoms with E-state index < -0.39 is 39.7 Å². The van der Waals surface area contributed by atoms with Gasteiger partial charge < -0.3 is 9.64 Å². The zero-order valence-corrected chi connectivity index (χ0v) is 26.7. The summed E-state index contributed by atoms with van der Waals surface area (Å²) < 4.78 is 76.7. The molecule has 2 aliphatic rings. The van der Waals surface area contributed by atoms with Crippen LogP contribution in [0.3, 0.4) is 0 Å². The van der Waals surface area contributed by atoms with E-state index in [-0.39, 0.29) is 57.8 Å². The third kappa shape index (κ3) is 6.02. The maximum absolute atomic E-state index is 13.6. The van der Waals surface area contributed by atoms with Crippen molar-refractivity contribution in [2.75, 3.05) is 18.1 Å². The molecular weight excluding hydrogens is 599 g/mol. The Bertz CT molecular complexity index is 1680. The number of pyridine rings is 1. The lowest BCUT2D eigenvalue weighted by Crippen LogP contribution is -2.41. The Labute approximate surface area is 254 Å². The number of carbonyl (C=O) groups is 1. The zero-order valence-electron chi connectivity index (χ0n) is 25.9. The van der Waals surface area contributed by atoms with E-state index in [4.69, 9.17) is 9.72 Å². The summed E-state index contributed by atoms with van der Waals surface area (Å²) in [5, 5.41) is 8.35. The van der Waals surface area contributed by atoms with Crippen molar-refractivity contribution in [2.24, 2.45) is 23.8 Å². The monoisotopic (exact) mass is 637 g/mol. The standard InChI is InChI=1S/C29H38F3N7O4S/c1-18-21(16-37(7)34-18)44(41,42)36-25(40)20-8-9-22(33-24(20)38-15-19(26(2,3)4)14-27(38,5)6)39-13-10-23(35-39)43-17-28(11-12-28)29(30,31)32/h8-10,13,16,19H,11-12,14-15,17H2,1-7H3,(H,36,40)/t19-/m1/s1. The van der Waals surface area contributed by atoms with Crippen LogP contribution in [-0.4, -0.2) is 63.7 Å². The first-order valence-corrected chi connectivity index (χ1v) is 15.8. The predicted octanol–water partition coefficient (Wildman–Crippen LogP) is 4.80. The summed E-state index contributed by atoms with van der Waals surface area (Å²) in [6, 6.07) is 4.43. The van der Waals surface area contributed by atoms with Crippen LogP contribution in [0.25, 0.3) is 5.82 Å². The number of hydrogen-bond acceptors (Lipinski definition) is 8. The first-order chi connectivity index (χ1) is 20.2. The Kier molecular flexibility index (Phi) is 7.58. The fourth-order valence-corrected chi connectivity index (χ4v) is 6.79. The van der Waals surface area contributed by atoms with Crippen LogP contribution in [0.15, 0.2) is 35.5 Å². The fraction of sp³-hybridized carbons (Fsp3) is 0.586. The second kappa shape index (κ2) is 10.5. The molecule has 4 heterocycles. The Morgan fingerprint density at radius 3 is 2.36 bits per heavy atom. The highest BCUT2D eigenvalue weighted by atomic mass is 32.2. The van der Waals surface area contributed by atoms with Gasteiger partial charge in [0, 0.05) is 37.6 Å². The molecule has 1 saturated heterocycles. The highest BCUT2D eigenvalue weighted by Gasteiger charge is 2.64. The van der Waals surface area contributed by atoms with E-state index in [9.17, 15) is 26.4 Å². The molecule has 0 aromatic carbocycles. The number of aryl methyl sites for hydroxylation is 2. The molecule has 0 spiro atoms. The number of nitrogens with one attached hydrogen (secondary N) is 1. The first-order valence-electron chi connectivity index (χ1n) is 14.3. The molecule has 1 N–H and O–H groups in total. The quantitative estimate of drug-likeness (QED) is 0.374. The van der Waals surface area contributed by atoms with Crippen molar-refractivity contribution in [3.05, 3.63) is 41.9 Å². The van der Waals surface area contributed by atoms with E-state index in [0.29, 0.717) is 6.54 Å². The molecule has 0 radical (unpaired) electrons. The number of ether oxygens (including phenoxy) is 1. The van der Waals surface area contributed by atoms with Crippen molar-refractivity contribution in [2.45, 2.75) is 77.4 Å². The van der Waals surface area contributed by atoms with Gasteiger partial charge in [-0.2, -0.15) is 18.3 Å². The van der Waals surface area contributed by atoms with Gasteiger partial charge >= 0.3 is 6.18 Å². The average Bonchev–Trinajstić information content (AvgIpc) is 3.23. The van der Waals surface area contributed by atoms with E-state index in [2.05, 4.69) is 35.7 Å². The summed E-state index contributed by atoms with van der Waals surface area (Å²) in [5.74, 6) is -0.0542. The highest BCUT2D eigenvalue weighted by molar-refractivity contribution is 7.90. The number of amides is 1. The van der Waals surface area contributed by atoms with Crippen molar-refractivity contribution >= 4 is 21.7 Å². The largest absolute Gasteiger partial charge is 0.476 e. The Hall–Kier alpha value is -3.62. The second-order valence-electron chi connectivity index (χ2n) is 13.6. The summed E-state index contributed by atoms with van der Waals surface area (Å²) in [6.45, 7) is 12.1. The minimum atomic E-state index is -4.35. The molecule has 1 amide bonds. The van der Waals surface area contributed by atoms with Gasteiger partial charge in [0.25, 0.3) is 15.9 Å². The molecule has 44 heavy (non-hydrogen) atoms. The van der Waals surface area contributed by atoms with Crippen molar-refractivity contribution in [3.8, 4) is 11.7 Å². The lowest BCUT2D eigenvalue weighted by atomic mass is 9.78. The number of hydrogen-bond donors (Lipinski definition) is 1. The molecule has 11 nitrogen and oxygen atoms in total. The Balaban J connectivity index is 1.49. The van der Waals surface area contributed by atoms with Crippen molar-refractivity contribution in [3.63, 3.8) is 0 Å². The topological polar surface area (TPSA) is 124 Å². The van der Waals surface area contributed by atoms with E-state index in [1.165, 1.54) is 46.9 Å². The number of halogens is 3. The van der Waals surface area contributed by atoms with Gasteiger partial charge in [0.1, 0.15) is 22.7 Å². The van der Waals surface area contributed by atoms with Crippen molar-refractivity contribution < 1.29 is 31.1 Å². The maximum atomic E-state index is 13.6. The van der Waals surface area contributed by atoms with Gasteiger partial charge in [-0.1, -0.05) is 20.8 Å². The normalized spacial score (nSPS) is 19.7. The predicted molar refractivity (Wildman–Crippen MR) is 156 cm³/mol. The van der Waals surface area contributed by atoms with Crippen LogP contribution in [0.4, 0.5) is 19.0 Å². The fourth-order valence-electron chi connectivity index (χ4n) is 5.61. The number of sulfonamides is 1. The Morgan fingerprint density at radius 2 is 1.82 bits per heavy atom. The summed E-state index contributed by atoms with van der Waals surface area (Å²) in [6.07, 6.45) is -0.679. The minimum Gasteiger partial charge on any atom is -0.476 e. The van der Waals surface area contributed by atoms with Gasteiger partial charge in [-0.25, -0.2) is 22.8 Å². The molecule has 1 atom stereocenters. The van der Waals surface area contributed by atoms with Gasteiger partial charge in [0.15, 0.2) is 5.82 Å². The van der Waals surface area contributed by atoms with Crippen LogP contribution in [0.2, 0.25) is 0 Å². The molecule has 1 aliphatic heterocycles. The maximum Gasteiger partial charge on any atom is 0.397 e. The van der Waals surface area contributed by atoms with Crippen LogP contribution < -0.4 is 14.4 Å². The zero-order chi connectivity index (χ0) is 32.5. The molecule has 240 valence electrons. The van der Waals surface area contributed by atoms with E-state index >= 15 is 0 Å². The number of carbonyl (C=O) groups excluding carboxylic acids is 1. The van der Waals surface area contributed by atoms with Crippen LogP contribution in [-0.2, 0) is 17.1 Å². The third-order valence-electron chi connectivity index (χ3n) is 8.70. The molecular formula is C29H38F3N7O4S. The van der Waals surface area contributed by atoms with Crippen molar-refractivity contribution in [1.82, 2.24) is 29.3 Å². The van der Waals surface area contributed by atoms with Crippen LogP contribution in [0, 0.1) is 23.7 Å².